The number of alkyl halides is 3. The molecule has 208 valence electrons. The second kappa shape index (κ2) is 12.1. The van der Waals surface area contributed by atoms with E-state index in [0.717, 1.165) is 18.3 Å². The molecule has 0 atom stereocenters. The summed E-state index contributed by atoms with van der Waals surface area (Å²) < 4.78 is 63.0. The zero-order chi connectivity index (χ0) is 28.3. The summed E-state index contributed by atoms with van der Waals surface area (Å²) in [6.45, 7) is 6.86. The Morgan fingerprint density at radius 3 is 2.55 bits per heavy atom. The number of hydrogen-bond acceptors (Lipinski definition) is 6. The first-order valence-electron chi connectivity index (χ1n) is 11.9. The molecule has 8 nitrogen and oxygen atoms in total. The van der Waals surface area contributed by atoms with Gasteiger partial charge in [0.15, 0.2) is 0 Å². The van der Waals surface area contributed by atoms with Gasteiger partial charge in [0.1, 0.15) is 18.1 Å². The molecule has 0 amide bonds. The summed E-state index contributed by atoms with van der Waals surface area (Å²) in [5, 5.41) is 6.03. The van der Waals surface area contributed by atoms with Crippen molar-refractivity contribution >= 4 is 40.5 Å². The number of nitrogens with zero attached hydrogens (tertiary/aromatic N) is 4. The Labute approximate surface area is 226 Å². The maximum absolute atomic E-state index is 13.9. The van der Waals surface area contributed by atoms with Crippen molar-refractivity contribution in [3.63, 3.8) is 0 Å². The van der Waals surface area contributed by atoms with Gasteiger partial charge in [-0.3, -0.25) is 9.59 Å². The van der Waals surface area contributed by atoms with E-state index in [0.29, 0.717) is 23.1 Å². The van der Waals surface area contributed by atoms with E-state index in [2.05, 4.69) is 46.1 Å². The van der Waals surface area contributed by atoms with Gasteiger partial charge >= 0.3 is 6.18 Å². The molecule has 0 fully saturated rings. The predicted molar refractivity (Wildman–Crippen MR) is 144 cm³/mol. The Morgan fingerprint density at radius 2 is 1.89 bits per heavy atom. The Balaban J connectivity index is 1.66. The second-order valence-electron chi connectivity index (χ2n) is 10.1. The fourth-order valence-corrected chi connectivity index (χ4v) is 4.78. The lowest BCUT2D eigenvalue weighted by Crippen LogP contribution is -2.36. The highest BCUT2D eigenvalue weighted by Gasteiger charge is 2.38. The number of fused-ring (bicyclic) bond motifs is 1. The SMILES string of the molecule is CN(CCCn1ccc2cc(Br)c(F)cc2c1=O)Nc1cnn(COCC[Si](C)(C)C)c(=O)c1C(F)(F)F. The smallest absolute Gasteiger partial charge is 0.359 e. The number of pyridine rings is 1. The molecule has 0 aliphatic heterocycles. The number of aryl methyl sites for hydroxylation is 1. The number of ether oxygens (including phenoxy) is 1. The van der Waals surface area contributed by atoms with E-state index < -0.39 is 36.9 Å². The van der Waals surface area contributed by atoms with Crippen molar-refractivity contribution in [1.82, 2.24) is 19.4 Å². The normalized spacial score (nSPS) is 12.5. The average Bonchev–Trinajstić information content (AvgIpc) is 2.79. The van der Waals surface area contributed by atoms with Gasteiger partial charge in [0, 0.05) is 41.0 Å². The van der Waals surface area contributed by atoms with Crippen LogP contribution < -0.4 is 16.5 Å². The van der Waals surface area contributed by atoms with Crippen molar-refractivity contribution < 1.29 is 22.3 Å². The third kappa shape index (κ3) is 7.74. The lowest BCUT2D eigenvalue weighted by molar-refractivity contribution is -0.138. The first-order chi connectivity index (χ1) is 17.7. The number of benzene rings is 1. The van der Waals surface area contributed by atoms with E-state index in [4.69, 9.17) is 4.74 Å². The summed E-state index contributed by atoms with van der Waals surface area (Å²) in [6.07, 6.45) is -2.00. The molecule has 0 radical (unpaired) electrons. The number of rotatable bonds is 11. The maximum Gasteiger partial charge on any atom is 0.423 e. The van der Waals surface area contributed by atoms with Gasteiger partial charge in [-0.15, -0.1) is 0 Å². The molecule has 0 unspecified atom stereocenters. The Kier molecular flexibility index (Phi) is 9.55. The molecular weight excluding hydrogens is 590 g/mol. The number of nitrogens with one attached hydrogen (secondary N) is 1. The number of hydrogen-bond donors (Lipinski definition) is 1. The van der Waals surface area contributed by atoms with Crippen LogP contribution in [0.4, 0.5) is 23.2 Å². The molecule has 38 heavy (non-hydrogen) atoms. The molecule has 0 saturated heterocycles. The summed E-state index contributed by atoms with van der Waals surface area (Å²) >= 11 is 3.09. The van der Waals surface area contributed by atoms with Crippen LogP contribution in [0.15, 0.2) is 44.7 Å². The van der Waals surface area contributed by atoms with Crippen LogP contribution in [-0.2, 0) is 24.2 Å². The van der Waals surface area contributed by atoms with Gasteiger partial charge in [0.2, 0.25) is 0 Å². The first-order valence-corrected chi connectivity index (χ1v) is 16.4. The molecule has 1 N–H and O–H groups in total. The molecule has 2 heterocycles. The molecule has 0 saturated carbocycles. The molecule has 0 spiro atoms. The van der Waals surface area contributed by atoms with Crippen LogP contribution in [0.1, 0.15) is 12.0 Å². The van der Waals surface area contributed by atoms with E-state index in [1.165, 1.54) is 22.7 Å². The number of halogens is 5. The second-order valence-corrected chi connectivity index (χ2v) is 16.6. The van der Waals surface area contributed by atoms with Gasteiger partial charge in [-0.1, -0.05) is 19.6 Å². The highest BCUT2D eigenvalue weighted by atomic mass is 79.9. The van der Waals surface area contributed by atoms with E-state index in [-0.39, 0.29) is 35.2 Å². The summed E-state index contributed by atoms with van der Waals surface area (Å²) in [5.74, 6) is -0.551. The van der Waals surface area contributed by atoms with Crippen LogP contribution in [0.3, 0.4) is 0 Å². The molecule has 3 rings (SSSR count). The lowest BCUT2D eigenvalue weighted by Gasteiger charge is -2.22. The number of hydrazine groups is 1. The fraction of sp³-hybridized carbons (Fsp3) is 0.458. The molecule has 0 aliphatic carbocycles. The standard InChI is InChI=1S/C24H30BrF4N5O3Si/c1-32(7-5-8-33-9-6-16-12-18(25)19(26)13-17(16)22(33)35)31-20-14-30-34(15-37-10-11-38(2,3)4)23(36)21(20)24(27,28)29/h6,9,12-14,31H,5,7-8,10-11,15H2,1-4H3. The minimum atomic E-state index is -4.91. The van der Waals surface area contributed by atoms with Gasteiger partial charge < -0.3 is 14.7 Å². The van der Waals surface area contributed by atoms with Crippen LogP contribution in [0, 0.1) is 5.82 Å². The van der Waals surface area contributed by atoms with Gasteiger partial charge in [-0.2, -0.15) is 18.3 Å². The molecule has 14 heteroatoms. The van der Waals surface area contributed by atoms with Crippen molar-refractivity contribution in [2.75, 3.05) is 25.6 Å². The highest BCUT2D eigenvalue weighted by molar-refractivity contribution is 9.10. The largest absolute Gasteiger partial charge is 0.423 e. The minimum Gasteiger partial charge on any atom is -0.359 e. The van der Waals surface area contributed by atoms with Gasteiger partial charge in [0.05, 0.1) is 21.7 Å². The molecule has 2 aromatic heterocycles. The molecule has 3 aromatic rings. The van der Waals surface area contributed by atoms with Crippen molar-refractivity contribution in [3.8, 4) is 0 Å². The van der Waals surface area contributed by atoms with E-state index in [9.17, 15) is 27.2 Å². The summed E-state index contributed by atoms with van der Waals surface area (Å²) in [6, 6.07) is 5.18. The first kappa shape index (κ1) is 30.0. The zero-order valence-electron chi connectivity index (χ0n) is 21.5. The number of anilines is 1. The van der Waals surface area contributed by atoms with Crippen LogP contribution in [0.2, 0.25) is 25.7 Å². The van der Waals surface area contributed by atoms with Crippen LogP contribution in [-0.4, -0.2) is 47.6 Å². The highest BCUT2D eigenvalue weighted by Crippen LogP contribution is 2.31. The maximum atomic E-state index is 13.9. The molecule has 0 bridgehead atoms. The van der Waals surface area contributed by atoms with Gasteiger partial charge in [0.25, 0.3) is 11.1 Å². The number of aromatic nitrogens is 3. The third-order valence-electron chi connectivity index (χ3n) is 5.76. The summed E-state index contributed by atoms with van der Waals surface area (Å²) in [5.41, 5.74) is -0.943. The van der Waals surface area contributed by atoms with Crippen molar-refractivity contribution in [1.29, 1.82) is 0 Å². The van der Waals surface area contributed by atoms with E-state index in [1.54, 1.807) is 12.3 Å². The minimum absolute atomic E-state index is 0.227. The predicted octanol–water partition coefficient (Wildman–Crippen LogP) is 5.14. The lowest BCUT2D eigenvalue weighted by atomic mass is 10.1. The van der Waals surface area contributed by atoms with Crippen LogP contribution in [0.5, 0.6) is 0 Å². The van der Waals surface area contributed by atoms with Crippen molar-refractivity contribution in [3.05, 3.63) is 67.2 Å². The van der Waals surface area contributed by atoms with Crippen molar-refractivity contribution in [2.24, 2.45) is 0 Å². The van der Waals surface area contributed by atoms with E-state index >= 15 is 0 Å². The van der Waals surface area contributed by atoms with Gasteiger partial charge in [-0.25, -0.2) is 14.1 Å². The summed E-state index contributed by atoms with van der Waals surface area (Å²) in [4.78, 5) is 25.3. The zero-order valence-corrected chi connectivity index (χ0v) is 24.1. The van der Waals surface area contributed by atoms with E-state index in [1.807, 2.05) is 0 Å². The third-order valence-corrected chi connectivity index (χ3v) is 8.07. The quantitative estimate of drug-likeness (QED) is 0.139. The van der Waals surface area contributed by atoms with Crippen LogP contribution >= 0.6 is 15.9 Å². The van der Waals surface area contributed by atoms with Gasteiger partial charge in [-0.05, 0) is 52.0 Å². The molecule has 0 aliphatic rings. The fourth-order valence-electron chi connectivity index (χ4n) is 3.66. The summed E-state index contributed by atoms with van der Waals surface area (Å²) in [7, 11) is 0.121. The molecular formula is C24H30BrF4N5O3Si. The monoisotopic (exact) mass is 619 g/mol. The Hall–Kier alpha value is -2.55. The topological polar surface area (TPSA) is 81.4 Å². The Morgan fingerprint density at radius 1 is 1.18 bits per heavy atom. The van der Waals surface area contributed by atoms with Crippen molar-refractivity contribution in [2.45, 2.75) is 51.6 Å². The Bertz CT molecular complexity index is 1410. The van der Waals surface area contributed by atoms with Crippen LogP contribution in [0.25, 0.3) is 10.8 Å². The molecule has 1 aromatic carbocycles. The average molecular weight is 621 g/mol.